The van der Waals surface area contributed by atoms with Crippen molar-refractivity contribution in [2.24, 2.45) is 20.5 Å². The predicted octanol–water partition coefficient (Wildman–Crippen LogP) is 17.1. The van der Waals surface area contributed by atoms with Crippen LogP contribution in [0.25, 0.3) is 32.7 Å². The molecule has 0 aromatic heterocycles. The zero-order chi connectivity index (χ0) is 48.7. The van der Waals surface area contributed by atoms with Crippen LogP contribution in [0, 0.1) is 0 Å². The average Bonchev–Trinajstić information content (AvgIpc) is 3.29. The Morgan fingerprint density at radius 3 is 1.21 bits per heavy atom. The van der Waals surface area contributed by atoms with E-state index in [4.69, 9.17) is 46.4 Å². The van der Waals surface area contributed by atoms with Crippen LogP contribution in [0.15, 0.2) is 154 Å². The molecule has 10 nitrogen and oxygen atoms in total. The number of nitrogens with zero attached hydrogens (tertiary/aromatic N) is 4. The van der Waals surface area contributed by atoms with Gasteiger partial charge in [-0.1, -0.05) is 107 Å². The van der Waals surface area contributed by atoms with Crippen LogP contribution in [0.5, 0.6) is 11.5 Å². The van der Waals surface area contributed by atoms with Crippen LogP contribution >= 0.6 is 46.4 Å². The van der Waals surface area contributed by atoms with Gasteiger partial charge in [0.25, 0.3) is 11.8 Å². The molecule has 342 valence electrons. The lowest BCUT2D eigenvalue weighted by Gasteiger charge is -2.14. The minimum absolute atomic E-state index is 0.0683. The summed E-state index contributed by atoms with van der Waals surface area (Å²) in [6, 6.07) is 30.1. The van der Waals surface area contributed by atoms with Crippen molar-refractivity contribution >= 4 is 114 Å². The molecule has 8 aromatic carbocycles. The number of phenolic OH excluding ortho intramolecular Hbond substituents is 2. The molecule has 20 heteroatoms. The average molecular weight is 1010 g/mol. The fourth-order valence-corrected chi connectivity index (χ4v) is 7.66. The quantitative estimate of drug-likeness (QED) is 0.0842. The van der Waals surface area contributed by atoms with Gasteiger partial charge in [-0.2, -0.15) is 26.3 Å². The molecule has 0 aliphatic rings. The number of aromatic hydroxyl groups is 2. The lowest BCUT2D eigenvalue weighted by molar-refractivity contribution is -0.138. The molecule has 68 heavy (non-hydrogen) atoms. The smallest absolute Gasteiger partial charge is 0.416 e. The highest BCUT2D eigenvalue weighted by atomic mass is 35.5. The molecule has 4 N–H and O–H groups in total. The summed E-state index contributed by atoms with van der Waals surface area (Å²) in [5, 5.41) is 45.2. The summed E-state index contributed by atoms with van der Waals surface area (Å²) in [7, 11) is 0. The van der Waals surface area contributed by atoms with Crippen molar-refractivity contribution in [1.29, 1.82) is 0 Å². The summed E-state index contributed by atoms with van der Waals surface area (Å²) < 4.78 is 80.3. The van der Waals surface area contributed by atoms with Crippen LogP contribution in [0.2, 0.25) is 20.1 Å². The zero-order valence-electron chi connectivity index (χ0n) is 34.0. The second-order valence-corrected chi connectivity index (χ2v) is 16.3. The SMILES string of the molecule is O=C(Nc1ccc(-c2ccc(NC(=O)c3cc4ccccc4c(/N=N/c4cc(C(F)(F)F)ccc4Cl)c3O)c(Cl)c2)cc1Cl)c1cc2ccccc2c(/N=N/c2cc(C(F)(F)F)ccc2Cl)c1O. The third kappa shape index (κ3) is 9.89. The number of anilines is 2. The van der Waals surface area contributed by atoms with Gasteiger partial charge in [-0.3, -0.25) is 9.59 Å². The fraction of sp³-hybridized carbons (Fsp3) is 0.0417. The number of carbonyl (C=O) groups excluding carboxylic acids is 2. The summed E-state index contributed by atoms with van der Waals surface area (Å²) in [4.78, 5) is 27.4. The monoisotopic (exact) mass is 1000 g/mol. The Kier molecular flexibility index (Phi) is 13.1. The van der Waals surface area contributed by atoms with Crippen LogP contribution < -0.4 is 10.6 Å². The lowest BCUT2D eigenvalue weighted by atomic mass is 10.0. The number of alkyl halides is 6. The normalized spacial score (nSPS) is 12.1. The van der Waals surface area contributed by atoms with Crippen molar-refractivity contribution in [2.75, 3.05) is 10.6 Å². The zero-order valence-corrected chi connectivity index (χ0v) is 37.0. The van der Waals surface area contributed by atoms with E-state index in [1.807, 2.05) is 0 Å². The van der Waals surface area contributed by atoms with Gasteiger partial charge in [0.05, 0.1) is 53.7 Å². The fourth-order valence-electron chi connectivity index (χ4n) is 6.89. The number of hydrogen-bond donors (Lipinski definition) is 4. The number of phenols is 2. The highest BCUT2D eigenvalue weighted by Gasteiger charge is 2.32. The number of azo groups is 2. The first-order chi connectivity index (χ1) is 32.3. The van der Waals surface area contributed by atoms with E-state index in [1.54, 1.807) is 60.7 Å². The van der Waals surface area contributed by atoms with Crippen molar-refractivity contribution in [3.05, 3.63) is 176 Å². The summed E-state index contributed by atoms with van der Waals surface area (Å²) in [5.41, 5.74) is -2.27. The molecule has 0 saturated heterocycles. The van der Waals surface area contributed by atoms with E-state index >= 15 is 0 Å². The highest BCUT2D eigenvalue weighted by Crippen LogP contribution is 2.44. The molecule has 0 unspecified atom stereocenters. The Hall–Kier alpha value is -7.24. The van der Waals surface area contributed by atoms with Gasteiger partial charge in [0, 0.05) is 10.8 Å². The standard InChI is InChI=1S/C48H26Cl4F6N6O4/c49-33-13-11-27(47(53,54)55)21-39(33)61-63-41-29-7-3-1-5-25(29)17-31(43(41)65)45(67)59-37-15-9-23(19-35(37)51)24-10-16-38(36(52)20-24)60-46(68)32-18-26-6-2-4-8-30(26)42(44(32)66)64-62-40-22-28(48(56,57)58)12-14-34(40)50/h1-22,65-66H,(H,59,67)(H,60,68)/b63-61+,64-62+. The molecule has 8 aromatic rings. The van der Waals surface area contributed by atoms with Crippen molar-refractivity contribution in [3.63, 3.8) is 0 Å². The van der Waals surface area contributed by atoms with Gasteiger partial charge in [-0.15, -0.1) is 20.5 Å². The molecule has 2 amide bonds. The summed E-state index contributed by atoms with van der Waals surface area (Å²) in [6.07, 6.45) is -9.37. The van der Waals surface area contributed by atoms with E-state index in [0.29, 0.717) is 44.8 Å². The maximum Gasteiger partial charge on any atom is 0.416 e. The van der Waals surface area contributed by atoms with E-state index in [-0.39, 0.29) is 65.3 Å². The Labute approximate surface area is 400 Å². The number of hydrogen-bond acceptors (Lipinski definition) is 8. The number of rotatable bonds is 9. The number of amides is 2. The molecule has 0 spiro atoms. The molecule has 0 saturated carbocycles. The van der Waals surface area contributed by atoms with Crippen LogP contribution in [0.4, 0.5) is 60.5 Å². The Morgan fingerprint density at radius 2 is 0.838 bits per heavy atom. The first kappa shape index (κ1) is 47.3. The molecule has 0 radical (unpaired) electrons. The van der Waals surface area contributed by atoms with Gasteiger partial charge in [0.15, 0.2) is 11.5 Å². The maximum atomic E-state index is 13.7. The minimum atomic E-state index is -4.68. The third-order valence-corrected chi connectivity index (χ3v) is 11.6. The molecular weight excluding hydrogens is 980 g/mol. The lowest BCUT2D eigenvalue weighted by Crippen LogP contribution is -2.13. The summed E-state index contributed by atoms with van der Waals surface area (Å²) in [6.45, 7) is 0. The third-order valence-electron chi connectivity index (χ3n) is 10.3. The van der Waals surface area contributed by atoms with Gasteiger partial charge in [-0.05, 0) is 94.7 Å². The molecule has 0 fully saturated rings. The first-order valence-electron chi connectivity index (χ1n) is 19.6. The largest absolute Gasteiger partial charge is 0.505 e. The van der Waals surface area contributed by atoms with Crippen molar-refractivity contribution in [2.45, 2.75) is 12.4 Å². The van der Waals surface area contributed by atoms with Crippen molar-refractivity contribution in [3.8, 4) is 22.6 Å². The van der Waals surface area contributed by atoms with E-state index in [1.165, 1.54) is 36.4 Å². The van der Waals surface area contributed by atoms with Crippen molar-refractivity contribution < 1.29 is 46.1 Å². The molecule has 0 heterocycles. The number of nitrogens with one attached hydrogen (secondary N) is 2. The molecule has 8 rings (SSSR count). The topological polar surface area (TPSA) is 148 Å². The second-order valence-electron chi connectivity index (χ2n) is 14.7. The van der Waals surface area contributed by atoms with Gasteiger partial charge >= 0.3 is 12.4 Å². The van der Waals surface area contributed by atoms with Crippen LogP contribution in [0.3, 0.4) is 0 Å². The molecule has 0 bridgehead atoms. The van der Waals surface area contributed by atoms with Gasteiger partial charge in [0.1, 0.15) is 22.7 Å². The van der Waals surface area contributed by atoms with E-state index in [0.717, 1.165) is 24.3 Å². The number of halogens is 10. The second kappa shape index (κ2) is 18.8. The van der Waals surface area contributed by atoms with E-state index in [2.05, 4.69) is 31.1 Å². The van der Waals surface area contributed by atoms with Gasteiger partial charge in [-0.25, -0.2) is 0 Å². The number of fused-ring (bicyclic) bond motifs is 2. The van der Waals surface area contributed by atoms with Crippen LogP contribution in [-0.4, -0.2) is 22.0 Å². The predicted molar refractivity (Wildman–Crippen MR) is 250 cm³/mol. The van der Waals surface area contributed by atoms with E-state index < -0.39 is 46.8 Å². The summed E-state index contributed by atoms with van der Waals surface area (Å²) >= 11 is 25.5. The maximum absolute atomic E-state index is 13.7. The van der Waals surface area contributed by atoms with Crippen molar-refractivity contribution in [1.82, 2.24) is 0 Å². The molecule has 0 aliphatic carbocycles. The molecule has 0 aliphatic heterocycles. The number of benzene rings is 8. The molecule has 0 atom stereocenters. The highest BCUT2D eigenvalue weighted by molar-refractivity contribution is 6.35. The number of carbonyl (C=O) groups is 2. The Balaban J connectivity index is 1.02. The van der Waals surface area contributed by atoms with Crippen LogP contribution in [-0.2, 0) is 12.4 Å². The van der Waals surface area contributed by atoms with E-state index in [9.17, 15) is 46.1 Å². The van der Waals surface area contributed by atoms with Gasteiger partial charge in [0.2, 0.25) is 0 Å². The Morgan fingerprint density at radius 1 is 0.456 bits per heavy atom. The Bertz CT molecular complexity index is 3200. The van der Waals surface area contributed by atoms with Gasteiger partial charge < -0.3 is 20.8 Å². The first-order valence-corrected chi connectivity index (χ1v) is 21.1. The minimum Gasteiger partial charge on any atom is -0.505 e. The molecular formula is C48H26Cl4F6N6O4. The van der Waals surface area contributed by atoms with Crippen LogP contribution in [0.1, 0.15) is 31.8 Å². The summed E-state index contributed by atoms with van der Waals surface area (Å²) in [5.74, 6) is -2.87.